The van der Waals surface area contributed by atoms with Gasteiger partial charge in [-0.2, -0.15) is 0 Å². The summed E-state index contributed by atoms with van der Waals surface area (Å²) in [5, 5.41) is 13.1. The maximum Gasteiger partial charge on any atom is 0.0715 e. The van der Waals surface area contributed by atoms with E-state index in [0.29, 0.717) is 12.6 Å². The Morgan fingerprint density at radius 3 is 2.31 bits per heavy atom. The second-order valence-electron chi connectivity index (χ2n) is 6.16. The minimum absolute atomic E-state index is 0.588. The Morgan fingerprint density at radius 1 is 1.31 bits per heavy atom. The van der Waals surface area contributed by atoms with Crippen LogP contribution in [0.5, 0.6) is 0 Å². The van der Waals surface area contributed by atoms with E-state index >= 15 is 0 Å². The number of likely N-dealkylation sites (tertiary alicyclic amines) is 1. The lowest BCUT2D eigenvalue weighted by Crippen LogP contribution is -2.47. The molecule has 0 atom stereocenters. The highest BCUT2D eigenvalue weighted by Crippen LogP contribution is 2.12. The zero-order chi connectivity index (χ0) is 12.2. The van der Waals surface area contributed by atoms with Crippen LogP contribution in [0.1, 0.15) is 40.5 Å². The highest BCUT2D eigenvalue weighted by Gasteiger charge is 2.21. The van der Waals surface area contributed by atoms with Gasteiger partial charge in [-0.25, -0.2) is 0 Å². The fourth-order valence-corrected chi connectivity index (χ4v) is 2.23. The summed E-state index contributed by atoms with van der Waals surface area (Å²) in [5.41, 5.74) is -0.588. The molecule has 1 heterocycles. The minimum Gasteiger partial charge on any atom is -0.389 e. The van der Waals surface area contributed by atoms with Gasteiger partial charge in [0.2, 0.25) is 0 Å². The zero-order valence-electron chi connectivity index (χ0n) is 11.3. The zero-order valence-corrected chi connectivity index (χ0v) is 11.3. The molecular formula is C13H28N2O. The predicted molar refractivity (Wildman–Crippen MR) is 68.6 cm³/mol. The highest BCUT2D eigenvalue weighted by atomic mass is 16.3. The lowest BCUT2D eigenvalue weighted by molar-refractivity contribution is 0.0712. The molecule has 0 aliphatic carbocycles. The molecule has 0 amide bonds. The Bertz CT molecular complexity index is 191. The van der Waals surface area contributed by atoms with Gasteiger partial charge in [-0.1, -0.05) is 13.8 Å². The van der Waals surface area contributed by atoms with Crippen LogP contribution < -0.4 is 5.32 Å². The Balaban J connectivity index is 2.17. The van der Waals surface area contributed by atoms with Crippen LogP contribution in [0.4, 0.5) is 0 Å². The van der Waals surface area contributed by atoms with Gasteiger partial charge in [-0.15, -0.1) is 0 Å². The van der Waals surface area contributed by atoms with Crippen molar-refractivity contribution in [3.8, 4) is 0 Å². The molecule has 1 fully saturated rings. The fourth-order valence-electron chi connectivity index (χ4n) is 2.23. The molecule has 1 rings (SSSR count). The average Bonchev–Trinajstić information content (AvgIpc) is 2.14. The first kappa shape index (κ1) is 13.9. The smallest absolute Gasteiger partial charge is 0.0715 e. The molecule has 1 aliphatic heterocycles. The Kier molecular flexibility index (Phi) is 5.22. The van der Waals surface area contributed by atoms with Crippen molar-refractivity contribution in [1.82, 2.24) is 10.2 Å². The van der Waals surface area contributed by atoms with Gasteiger partial charge >= 0.3 is 0 Å². The van der Waals surface area contributed by atoms with Crippen molar-refractivity contribution >= 4 is 0 Å². The summed E-state index contributed by atoms with van der Waals surface area (Å²) in [4.78, 5) is 2.55. The van der Waals surface area contributed by atoms with Crippen molar-refractivity contribution < 1.29 is 5.11 Å². The van der Waals surface area contributed by atoms with E-state index in [-0.39, 0.29) is 0 Å². The van der Waals surface area contributed by atoms with Crippen LogP contribution >= 0.6 is 0 Å². The summed E-state index contributed by atoms with van der Waals surface area (Å²) in [5.74, 6) is 0.765. The lowest BCUT2D eigenvalue weighted by atomic mass is 10.0. The molecule has 16 heavy (non-hydrogen) atoms. The molecule has 0 saturated carbocycles. The molecule has 0 aromatic heterocycles. The van der Waals surface area contributed by atoms with Gasteiger partial charge in [0, 0.05) is 19.1 Å². The van der Waals surface area contributed by atoms with E-state index in [2.05, 4.69) is 24.1 Å². The summed E-state index contributed by atoms with van der Waals surface area (Å²) in [6.45, 7) is 12.6. The van der Waals surface area contributed by atoms with Crippen LogP contribution in [0.3, 0.4) is 0 Å². The van der Waals surface area contributed by atoms with Crippen molar-refractivity contribution in [2.75, 3.05) is 26.2 Å². The monoisotopic (exact) mass is 228 g/mol. The summed E-state index contributed by atoms with van der Waals surface area (Å²) < 4.78 is 0. The molecule has 2 N–H and O–H groups in total. The van der Waals surface area contributed by atoms with Crippen molar-refractivity contribution in [3.05, 3.63) is 0 Å². The van der Waals surface area contributed by atoms with Crippen LogP contribution in [0, 0.1) is 5.92 Å². The maximum atomic E-state index is 9.65. The number of rotatable bonds is 5. The van der Waals surface area contributed by atoms with Crippen LogP contribution in [0.2, 0.25) is 0 Å². The van der Waals surface area contributed by atoms with E-state index in [4.69, 9.17) is 0 Å². The van der Waals surface area contributed by atoms with Crippen molar-refractivity contribution in [2.45, 2.75) is 52.2 Å². The first-order chi connectivity index (χ1) is 7.37. The topological polar surface area (TPSA) is 35.5 Å². The summed E-state index contributed by atoms with van der Waals surface area (Å²) in [6.07, 6.45) is 2.42. The highest BCUT2D eigenvalue weighted by molar-refractivity contribution is 4.80. The third-order valence-corrected chi connectivity index (χ3v) is 3.03. The number of hydrogen-bond acceptors (Lipinski definition) is 3. The van der Waals surface area contributed by atoms with Gasteiger partial charge in [-0.05, 0) is 45.7 Å². The SMILES string of the molecule is CC(C)CN1CCC(NCC(C)(C)O)CC1. The maximum absolute atomic E-state index is 9.65. The van der Waals surface area contributed by atoms with Gasteiger partial charge in [0.25, 0.3) is 0 Å². The average molecular weight is 228 g/mol. The van der Waals surface area contributed by atoms with Crippen molar-refractivity contribution in [3.63, 3.8) is 0 Å². The van der Waals surface area contributed by atoms with Crippen LogP contribution in [0.15, 0.2) is 0 Å². The van der Waals surface area contributed by atoms with Gasteiger partial charge in [-0.3, -0.25) is 0 Å². The third-order valence-electron chi connectivity index (χ3n) is 3.03. The molecule has 3 nitrogen and oxygen atoms in total. The van der Waals surface area contributed by atoms with Crippen LogP contribution in [0.25, 0.3) is 0 Å². The largest absolute Gasteiger partial charge is 0.389 e. The normalized spacial score (nSPS) is 20.6. The number of nitrogens with one attached hydrogen (secondary N) is 1. The number of hydrogen-bond donors (Lipinski definition) is 2. The molecular weight excluding hydrogens is 200 g/mol. The number of aliphatic hydroxyl groups is 1. The second-order valence-corrected chi connectivity index (χ2v) is 6.16. The molecule has 1 aliphatic rings. The van der Waals surface area contributed by atoms with Gasteiger partial charge in [0.1, 0.15) is 0 Å². The predicted octanol–water partition coefficient (Wildman–Crippen LogP) is 1.47. The standard InChI is InChI=1S/C13H28N2O/c1-11(2)9-15-7-5-12(6-8-15)14-10-13(3,4)16/h11-12,14,16H,5-10H2,1-4H3. The summed E-state index contributed by atoms with van der Waals surface area (Å²) in [6, 6.07) is 0.592. The van der Waals surface area contributed by atoms with Crippen molar-refractivity contribution in [2.24, 2.45) is 5.92 Å². The van der Waals surface area contributed by atoms with Crippen LogP contribution in [-0.2, 0) is 0 Å². The van der Waals surface area contributed by atoms with Crippen molar-refractivity contribution in [1.29, 1.82) is 0 Å². The van der Waals surface area contributed by atoms with E-state index < -0.39 is 5.60 Å². The second kappa shape index (κ2) is 5.99. The molecule has 0 bridgehead atoms. The molecule has 0 aromatic rings. The summed E-state index contributed by atoms with van der Waals surface area (Å²) >= 11 is 0. The fraction of sp³-hybridized carbons (Fsp3) is 1.00. The Hall–Kier alpha value is -0.120. The first-order valence-corrected chi connectivity index (χ1v) is 6.55. The molecule has 0 radical (unpaired) electrons. The lowest BCUT2D eigenvalue weighted by Gasteiger charge is -2.34. The third kappa shape index (κ3) is 5.83. The van der Waals surface area contributed by atoms with Gasteiger partial charge < -0.3 is 15.3 Å². The van der Waals surface area contributed by atoms with E-state index in [1.54, 1.807) is 0 Å². The van der Waals surface area contributed by atoms with E-state index in [0.717, 1.165) is 5.92 Å². The Labute approximate surface area is 100 Å². The van der Waals surface area contributed by atoms with E-state index in [1.807, 2.05) is 13.8 Å². The van der Waals surface area contributed by atoms with E-state index in [9.17, 15) is 5.11 Å². The molecule has 0 spiro atoms. The van der Waals surface area contributed by atoms with Gasteiger partial charge in [0.05, 0.1) is 5.60 Å². The molecule has 0 aromatic carbocycles. The molecule has 3 heteroatoms. The minimum atomic E-state index is -0.588. The van der Waals surface area contributed by atoms with E-state index in [1.165, 1.54) is 32.5 Å². The first-order valence-electron chi connectivity index (χ1n) is 6.55. The summed E-state index contributed by atoms with van der Waals surface area (Å²) in [7, 11) is 0. The van der Waals surface area contributed by atoms with Gasteiger partial charge in [0.15, 0.2) is 0 Å². The Morgan fingerprint density at radius 2 is 1.88 bits per heavy atom. The molecule has 1 saturated heterocycles. The molecule has 0 unspecified atom stereocenters. The molecule has 96 valence electrons. The quantitative estimate of drug-likeness (QED) is 0.748. The number of nitrogens with zero attached hydrogens (tertiary/aromatic N) is 1. The van der Waals surface area contributed by atoms with Crippen LogP contribution in [-0.4, -0.2) is 47.8 Å². The number of piperidine rings is 1.